The van der Waals surface area contributed by atoms with E-state index in [0.29, 0.717) is 6.42 Å². The van der Waals surface area contributed by atoms with Crippen LogP contribution in [0.5, 0.6) is 0 Å². The van der Waals surface area contributed by atoms with Gasteiger partial charge in [-0.15, -0.1) is 0 Å². The highest BCUT2D eigenvalue weighted by Gasteiger charge is 2.03. The average Bonchev–Trinajstić information content (AvgIpc) is 2.76. The minimum atomic E-state index is -0.768. The lowest BCUT2D eigenvalue weighted by Crippen LogP contribution is -1.97. The number of carboxylic acids is 1. The number of carboxylic acid groups (broad SMARTS) is 1. The molecule has 0 aliphatic rings. The third-order valence-electron chi connectivity index (χ3n) is 2.44. The largest absolute Gasteiger partial charge is 0.481 e. The molecule has 0 aliphatic heterocycles. The summed E-state index contributed by atoms with van der Waals surface area (Å²) in [4.78, 5) is 13.7. The highest BCUT2D eigenvalue weighted by atomic mass is 16.4. The Morgan fingerprint density at radius 2 is 1.88 bits per heavy atom. The van der Waals surface area contributed by atoms with Crippen LogP contribution in [0.3, 0.4) is 0 Å². The minimum Gasteiger partial charge on any atom is -0.481 e. The van der Waals surface area contributed by atoms with Gasteiger partial charge in [-0.3, -0.25) is 4.79 Å². The normalized spacial score (nSPS) is 10.2. The molecule has 2 N–H and O–H groups in total. The first-order chi connectivity index (χ1) is 7.75. The zero-order chi connectivity index (χ0) is 11.4. The van der Waals surface area contributed by atoms with Gasteiger partial charge in [0.15, 0.2) is 0 Å². The first kappa shape index (κ1) is 10.5. The van der Waals surface area contributed by atoms with E-state index in [1.807, 2.05) is 42.5 Å². The van der Waals surface area contributed by atoms with E-state index in [2.05, 4.69) is 4.98 Å². The number of rotatable bonds is 4. The Morgan fingerprint density at radius 3 is 2.56 bits per heavy atom. The standard InChI is InChI=1S/C13H13NO2/c15-13(16)9-7-11-6-8-12(14-11)10-4-2-1-3-5-10/h1-6,8,14H,7,9H2,(H,15,16). The molecule has 0 saturated heterocycles. The molecule has 2 aromatic rings. The Hall–Kier alpha value is -2.03. The summed E-state index contributed by atoms with van der Waals surface area (Å²) in [6.07, 6.45) is 0.705. The molecular formula is C13H13NO2. The summed E-state index contributed by atoms with van der Waals surface area (Å²) >= 11 is 0. The number of hydrogen-bond acceptors (Lipinski definition) is 1. The van der Waals surface area contributed by atoms with E-state index in [9.17, 15) is 4.79 Å². The van der Waals surface area contributed by atoms with Crippen molar-refractivity contribution in [2.75, 3.05) is 0 Å². The lowest BCUT2D eigenvalue weighted by atomic mass is 10.2. The van der Waals surface area contributed by atoms with Gasteiger partial charge in [0.2, 0.25) is 0 Å². The number of aromatic amines is 1. The van der Waals surface area contributed by atoms with Gasteiger partial charge in [0.05, 0.1) is 6.42 Å². The van der Waals surface area contributed by atoms with Crippen molar-refractivity contribution in [2.45, 2.75) is 12.8 Å². The van der Waals surface area contributed by atoms with Crippen molar-refractivity contribution < 1.29 is 9.90 Å². The third-order valence-corrected chi connectivity index (χ3v) is 2.44. The van der Waals surface area contributed by atoms with Gasteiger partial charge in [-0.1, -0.05) is 30.3 Å². The molecule has 3 heteroatoms. The van der Waals surface area contributed by atoms with Crippen LogP contribution in [0.1, 0.15) is 12.1 Å². The fraction of sp³-hybridized carbons (Fsp3) is 0.154. The maximum atomic E-state index is 10.4. The molecule has 0 unspecified atom stereocenters. The molecule has 0 saturated carbocycles. The summed E-state index contributed by atoms with van der Waals surface area (Å²) in [6, 6.07) is 13.9. The van der Waals surface area contributed by atoms with Crippen LogP contribution >= 0.6 is 0 Å². The van der Waals surface area contributed by atoms with Crippen molar-refractivity contribution in [1.82, 2.24) is 4.98 Å². The van der Waals surface area contributed by atoms with Crippen molar-refractivity contribution in [3.63, 3.8) is 0 Å². The number of benzene rings is 1. The van der Waals surface area contributed by atoms with Crippen molar-refractivity contribution in [2.24, 2.45) is 0 Å². The second kappa shape index (κ2) is 4.66. The Kier molecular flexibility index (Phi) is 3.05. The van der Waals surface area contributed by atoms with Gasteiger partial charge in [-0.05, 0) is 24.1 Å². The van der Waals surface area contributed by atoms with Gasteiger partial charge in [0.1, 0.15) is 0 Å². The van der Waals surface area contributed by atoms with Crippen LogP contribution in [0.25, 0.3) is 11.3 Å². The number of H-pyrrole nitrogens is 1. The number of aryl methyl sites for hydroxylation is 1. The van der Waals surface area contributed by atoms with Gasteiger partial charge < -0.3 is 10.1 Å². The second-order valence-electron chi connectivity index (χ2n) is 3.66. The van der Waals surface area contributed by atoms with Crippen LogP contribution in [0, 0.1) is 0 Å². The summed E-state index contributed by atoms with van der Waals surface area (Å²) in [6.45, 7) is 0. The predicted molar refractivity (Wildman–Crippen MR) is 62.2 cm³/mol. The van der Waals surface area contributed by atoms with E-state index in [-0.39, 0.29) is 6.42 Å². The summed E-state index contributed by atoms with van der Waals surface area (Å²) < 4.78 is 0. The molecular weight excluding hydrogens is 202 g/mol. The van der Waals surface area contributed by atoms with Crippen LogP contribution in [-0.2, 0) is 11.2 Å². The van der Waals surface area contributed by atoms with Crippen LogP contribution in [-0.4, -0.2) is 16.1 Å². The lowest BCUT2D eigenvalue weighted by molar-refractivity contribution is -0.136. The van der Waals surface area contributed by atoms with E-state index in [1.165, 1.54) is 0 Å². The van der Waals surface area contributed by atoms with E-state index in [0.717, 1.165) is 17.0 Å². The maximum absolute atomic E-state index is 10.4. The molecule has 0 bridgehead atoms. The van der Waals surface area contributed by atoms with Crippen LogP contribution in [0.15, 0.2) is 42.5 Å². The third kappa shape index (κ3) is 2.51. The Labute approximate surface area is 93.7 Å². The van der Waals surface area contributed by atoms with E-state index in [4.69, 9.17) is 5.11 Å². The number of hydrogen-bond donors (Lipinski definition) is 2. The molecule has 82 valence electrons. The van der Waals surface area contributed by atoms with Crippen LogP contribution in [0.2, 0.25) is 0 Å². The summed E-state index contributed by atoms with van der Waals surface area (Å²) in [5.74, 6) is -0.768. The minimum absolute atomic E-state index is 0.161. The molecule has 0 amide bonds. The smallest absolute Gasteiger partial charge is 0.303 e. The monoisotopic (exact) mass is 215 g/mol. The van der Waals surface area contributed by atoms with E-state index >= 15 is 0 Å². The van der Waals surface area contributed by atoms with Gasteiger partial charge >= 0.3 is 5.97 Å². The summed E-state index contributed by atoms with van der Waals surface area (Å²) in [7, 11) is 0. The number of aromatic nitrogens is 1. The van der Waals surface area contributed by atoms with Gasteiger partial charge in [0.25, 0.3) is 0 Å². The van der Waals surface area contributed by atoms with E-state index < -0.39 is 5.97 Å². The van der Waals surface area contributed by atoms with Crippen molar-refractivity contribution in [1.29, 1.82) is 0 Å². The molecule has 1 aromatic heterocycles. The molecule has 0 radical (unpaired) electrons. The highest BCUT2D eigenvalue weighted by Crippen LogP contribution is 2.18. The SMILES string of the molecule is O=C(O)CCc1ccc(-c2ccccc2)[nH]1. The van der Waals surface area contributed by atoms with Crippen molar-refractivity contribution in [3.8, 4) is 11.3 Å². The molecule has 1 aromatic carbocycles. The lowest BCUT2D eigenvalue weighted by Gasteiger charge is -1.97. The fourth-order valence-electron chi connectivity index (χ4n) is 1.61. The van der Waals surface area contributed by atoms with Crippen molar-refractivity contribution >= 4 is 5.97 Å². The second-order valence-corrected chi connectivity index (χ2v) is 3.66. The molecule has 0 fully saturated rings. The zero-order valence-corrected chi connectivity index (χ0v) is 8.81. The highest BCUT2D eigenvalue weighted by molar-refractivity contribution is 5.67. The van der Waals surface area contributed by atoms with Crippen molar-refractivity contribution in [3.05, 3.63) is 48.2 Å². The van der Waals surface area contributed by atoms with Gasteiger partial charge in [-0.2, -0.15) is 0 Å². The van der Waals surface area contributed by atoms with Gasteiger partial charge in [-0.25, -0.2) is 0 Å². The van der Waals surface area contributed by atoms with E-state index in [1.54, 1.807) is 0 Å². The Bertz CT molecular complexity index is 474. The fourth-order valence-corrected chi connectivity index (χ4v) is 1.61. The van der Waals surface area contributed by atoms with Crippen LogP contribution < -0.4 is 0 Å². The quantitative estimate of drug-likeness (QED) is 0.823. The number of nitrogens with one attached hydrogen (secondary N) is 1. The number of carbonyl (C=O) groups is 1. The first-order valence-corrected chi connectivity index (χ1v) is 5.21. The molecule has 16 heavy (non-hydrogen) atoms. The summed E-state index contributed by atoms with van der Waals surface area (Å²) in [5.41, 5.74) is 3.10. The molecule has 1 heterocycles. The molecule has 0 spiro atoms. The average molecular weight is 215 g/mol. The van der Waals surface area contributed by atoms with Gasteiger partial charge in [0, 0.05) is 11.4 Å². The Balaban J connectivity index is 2.11. The molecule has 3 nitrogen and oxygen atoms in total. The number of aliphatic carboxylic acids is 1. The zero-order valence-electron chi connectivity index (χ0n) is 8.81. The molecule has 0 atom stereocenters. The predicted octanol–water partition coefficient (Wildman–Crippen LogP) is 2.70. The van der Waals surface area contributed by atoms with Crippen LogP contribution in [0.4, 0.5) is 0 Å². The first-order valence-electron chi connectivity index (χ1n) is 5.21. The Morgan fingerprint density at radius 1 is 1.12 bits per heavy atom. The maximum Gasteiger partial charge on any atom is 0.303 e. The topological polar surface area (TPSA) is 53.1 Å². The molecule has 2 rings (SSSR count). The summed E-state index contributed by atoms with van der Waals surface area (Å²) in [5, 5.41) is 8.58. The molecule has 0 aliphatic carbocycles.